The van der Waals surface area contributed by atoms with E-state index in [2.05, 4.69) is 44.9 Å². The van der Waals surface area contributed by atoms with Gasteiger partial charge in [0.2, 0.25) is 0 Å². The first-order chi connectivity index (χ1) is 24.6. The number of carbonyl (C=O) groups excluding carboxylic acids is 1. The van der Waals surface area contributed by atoms with E-state index in [1.807, 2.05) is 30.3 Å². The van der Waals surface area contributed by atoms with Gasteiger partial charge >= 0.3 is 12.2 Å². The molecular weight excluding hydrogens is 688 g/mol. The minimum absolute atomic E-state index is 0.0313. The highest BCUT2D eigenvalue weighted by molar-refractivity contribution is 6.76. The van der Waals surface area contributed by atoms with E-state index in [0.717, 1.165) is 29.5 Å². The summed E-state index contributed by atoms with van der Waals surface area (Å²) in [6, 6.07) is 18.0. The van der Waals surface area contributed by atoms with Gasteiger partial charge in [0.25, 0.3) is 0 Å². The monoisotopic (exact) mass is 733 g/mol. The highest BCUT2D eigenvalue weighted by atomic mass is 28.4. The van der Waals surface area contributed by atoms with E-state index in [0.29, 0.717) is 55.4 Å². The summed E-state index contributed by atoms with van der Waals surface area (Å²) >= 11 is 0. The first-order valence-electron chi connectivity index (χ1n) is 17.4. The fourth-order valence-corrected chi connectivity index (χ4v) is 10.8. The first-order valence-corrected chi connectivity index (χ1v) is 19.7. The number of urea groups is 1. The van der Waals surface area contributed by atoms with Crippen molar-refractivity contribution in [1.29, 1.82) is 5.26 Å². The van der Waals surface area contributed by atoms with Crippen LogP contribution in [0.3, 0.4) is 0 Å². The third-order valence-corrected chi connectivity index (χ3v) is 15.7. The Morgan fingerprint density at radius 2 is 1.73 bits per heavy atom. The number of benzene rings is 2. The van der Waals surface area contributed by atoms with Crippen LogP contribution in [0.25, 0.3) is 5.69 Å². The van der Waals surface area contributed by atoms with E-state index in [1.54, 1.807) is 46.8 Å². The van der Waals surface area contributed by atoms with E-state index in [1.165, 1.54) is 12.1 Å². The highest BCUT2D eigenvalue weighted by Gasteiger charge is 2.43. The van der Waals surface area contributed by atoms with Gasteiger partial charge in [-0.25, -0.2) is 14.5 Å². The molecule has 2 amide bonds. The van der Waals surface area contributed by atoms with Crippen LogP contribution in [-0.4, -0.2) is 60.8 Å². The topological polar surface area (TPSA) is 109 Å². The normalized spacial score (nSPS) is 13.8. The zero-order chi connectivity index (χ0) is 37.8. The van der Waals surface area contributed by atoms with Gasteiger partial charge in [-0.3, -0.25) is 4.90 Å². The number of aromatic nitrogens is 3. The minimum Gasteiger partial charge on any atom is -0.497 e. The van der Waals surface area contributed by atoms with Gasteiger partial charge in [-0.1, -0.05) is 46.8 Å². The SMILES string of the molecule is CC[Si](CC)(OCCc1c(-n2ccc(N3CCN(Cc4ccc(OC)cc4)C3=O)n2)cc(C)nc1Nc1ccc(C#N)cc1C(F)(F)F)C(C)(C)C. The van der Waals surface area contributed by atoms with Crippen molar-refractivity contribution in [2.45, 2.75) is 77.8 Å². The minimum atomic E-state index is -4.72. The van der Waals surface area contributed by atoms with Gasteiger partial charge in [-0.2, -0.15) is 18.4 Å². The average Bonchev–Trinajstić information content (AvgIpc) is 3.73. The number of methoxy groups -OCH3 is 1. The molecule has 2 aromatic heterocycles. The van der Waals surface area contributed by atoms with Gasteiger partial charge in [0.15, 0.2) is 14.1 Å². The van der Waals surface area contributed by atoms with Crippen molar-refractivity contribution in [2.75, 3.05) is 37.0 Å². The number of anilines is 3. The Bertz CT molecular complexity index is 1930. The molecule has 52 heavy (non-hydrogen) atoms. The number of ether oxygens (including phenoxy) is 1. The highest BCUT2D eigenvalue weighted by Crippen LogP contribution is 2.43. The molecule has 1 N–H and O–H groups in total. The Labute approximate surface area is 304 Å². The summed E-state index contributed by atoms with van der Waals surface area (Å²) in [6.07, 6.45) is -2.64. The molecule has 0 saturated carbocycles. The molecular formula is C38H46F3N7O3Si. The molecule has 0 aliphatic carbocycles. The van der Waals surface area contributed by atoms with Crippen LogP contribution >= 0.6 is 0 Å². The molecule has 0 radical (unpaired) electrons. The lowest BCUT2D eigenvalue weighted by Crippen LogP contribution is -2.46. The van der Waals surface area contributed by atoms with Crippen LogP contribution in [0.4, 0.5) is 35.3 Å². The molecule has 3 heterocycles. The van der Waals surface area contributed by atoms with Crippen molar-refractivity contribution in [3.05, 3.63) is 88.7 Å². The number of halogens is 3. The standard InChI is InChI=1S/C38H46F3N7O3Si/c1-8-52(9-2,37(4,5)6)51-21-17-30-33(22-26(3)43-35(30)44-32-15-12-28(24-42)23-31(32)38(39,40)41)48-18-16-34(45-48)47-20-19-46(36(47)49)25-27-10-13-29(50-7)14-11-27/h10-16,18,22-23H,8-9,17,19-21,25H2,1-7H3,(H,43,44). The lowest BCUT2D eigenvalue weighted by atomic mass is 10.1. The predicted molar refractivity (Wildman–Crippen MR) is 198 cm³/mol. The van der Waals surface area contributed by atoms with Crippen LogP contribution < -0.4 is 15.0 Å². The number of pyridine rings is 1. The summed E-state index contributed by atoms with van der Waals surface area (Å²) in [5.74, 6) is 1.42. The molecule has 1 fully saturated rings. The van der Waals surface area contributed by atoms with E-state index >= 15 is 0 Å². The maximum Gasteiger partial charge on any atom is 0.418 e. The molecule has 4 aromatic rings. The van der Waals surface area contributed by atoms with E-state index in [9.17, 15) is 23.2 Å². The number of carbonyl (C=O) groups is 1. The summed E-state index contributed by atoms with van der Waals surface area (Å²) in [5.41, 5.74) is 1.43. The predicted octanol–water partition coefficient (Wildman–Crippen LogP) is 9.01. The Kier molecular flexibility index (Phi) is 11.4. The van der Waals surface area contributed by atoms with Crippen molar-refractivity contribution < 1.29 is 27.1 Å². The molecule has 10 nitrogen and oxygen atoms in total. The molecule has 1 saturated heterocycles. The van der Waals surface area contributed by atoms with Crippen molar-refractivity contribution in [1.82, 2.24) is 19.7 Å². The fourth-order valence-electron chi connectivity index (χ4n) is 6.89. The lowest BCUT2D eigenvalue weighted by Gasteiger charge is -2.41. The number of rotatable bonds is 13. The summed E-state index contributed by atoms with van der Waals surface area (Å²) in [5, 5.41) is 17.0. The zero-order valence-corrected chi connectivity index (χ0v) is 31.8. The van der Waals surface area contributed by atoms with Crippen LogP contribution in [0.5, 0.6) is 5.75 Å². The van der Waals surface area contributed by atoms with Gasteiger partial charge in [-0.15, -0.1) is 5.10 Å². The summed E-state index contributed by atoms with van der Waals surface area (Å²) < 4.78 is 56.4. The van der Waals surface area contributed by atoms with E-state index in [-0.39, 0.29) is 28.1 Å². The third-order valence-electron chi connectivity index (χ3n) is 9.90. The second kappa shape index (κ2) is 15.4. The molecule has 276 valence electrons. The van der Waals surface area contributed by atoms with Gasteiger partial charge in [0.1, 0.15) is 11.6 Å². The molecule has 1 aliphatic heterocycles. The summed E-state index contributed by atoms with van der Waals surface area (Å²) in [6.45, 7) is 14.4. The number of hydrogen-bond acceptors (Lipinski definition) is 7. The molecule has 0 spiro atoms. The van der Waals surface area contributed by atoms with Crippen LogP contribution in [0.15, 0.2) is 60.8 Å². The molecule has 14 heteroatoms. The lowest BCUT2D eigenvalue weighted by molar-refractivity contribution is -0.136. The Morgan fingerprint density at radius 3 is 2.35 bits per heavy atom. The summed E-state index contributed by atoms with van der Waals surface area (Å²) in [4.78, 5) is 21.6. The van der Waals surface area contributed by atoms with Crippen molar-refractivity contribution in [2.24, 2.45) is 0 Å². The van der Waals surface area contributed by atoms with Crippen molar-refractivity contribution >= 4 is 31.7 Å². The Hall–Kier alpha value is -4.87. The van der Waals surface area contributed by atoms with Crippen molar-refractivity contribution in [3.8, 4) is 17.5 Å². The summed E-state index contributed by atoms with van der Waals surface area (Å²) in [7, 11) is -0.596. The average molecular weight is 734 g/mol. The molecule has 2 aromatic carbocycles. The van der Waals surface area contributed by atoms with E-state index in [4.69, 9.17) is 14.3 Å². The smallest absolute Gasteiger partial charge is 0.418 e. The van der Waals surface area contributed by atoms with Gasteiger partial charge in [0, 0.05) is 56.2 Å². The van der Waals surface area contributed by atoms with Crippen molar-refractivity contribution in [3.63, 3.8) is 0 Å². The van der Waals surface area contributed by atoms with Gasteiger partial charge in [0.05, 0.1) is 35.7 Å². The molecule has 0 atom stereocenters. The largest absolute Gasteiger partial charge is 0.497 e. The number of nitriles is 1. The number of alkyl halides is 3. The molecule has 0 unspecified atom stereocenters. The second-order valence-corrected chi connectivity index (χ2v) is 19.2. The first kappa shape index (κ1) is 38.4. The maximum atomic E-state index is 14.2. The number of amides is 2. The Balaban J connectivity index is 1.50. The second-order valence-electron chi connectivity index (χ2n) is 14.0. The number of aryl methyl sites for hydroxylation is 1. The van der Waals surface area contributed by atoms with Gasteiger partial charge < -0.3 is 19.4 Å². The number of hydrogen-bond donors (Lipinski definition) is 1. The van der Waals surface area contributed by atoms with Crippen LogP contribution in [-0.2, 0) is 23.6 Å². The maximum absolute atomic E-state index is 14.2. The van der Waals surface area contributed by atoms with Crippen LogP contribution in [0, 0.1) is 18.3 Å². The molecule has 1 aliphatic rings. The molecule has 0 bridgehead atoms. The van der Waals surface area contributed by atoms with E-state index < -0.39 is 20.1 Å². The van der Waals surface area contributed by atoms with Crippen LogP contribution in [0.1, 0.15) is 62.6 Å². The number of nitrogens with one attached hydrogen (secondary N) is 1. The molecule has 5 rings (SSSR count). The third kappa shape index (κ3) is 8.10. The quantitative estimate of drug-likeness (QED) is 0.137. The van der Waals surface area contributed by atoms with Crippen LogP contribution in [0.2, 0.25) is 17.1 Å². The zero-order valence-electron chi connectivity index (χ0n) is 30.8. The number of nitrogens with zero attached hydrogens (tertiary/aromatic N) is 6. The fraction of sp³-hybridized carbons (Fsp3) is 0.421. The Morgan fingerprint density at radius 1 is 1.02 bits per heavy atom. The van der Waals surface area contributed by atoms with Gasteiger partial charge in [-0.05, 0) is 66.0 Å².